The van der Waals surface area contributed by atoms with Crippen LogP contribution in [0.1, 0.15) is 33.7 Å². The van der Waals surface area contributed by atoms with Gasteiger partial charge >= 0.3 is 0 Å². The van der Waals surface area contributed by atoms with Crippen LogP contribution in [0.25, 0.3) is 0 Å². The lowest BCUT2D eigenvalue weighted by atomic mass is 9.91. The molecule has 0 radical (unpaired) electrons. The van der Waals surface area contributed by atoms with E-state index < -0.39 is 11.6 Å². The minimum absolute atomic E-state index is 0.0651. The lowest BCUT2D eigenvalue weighted by Gasteiger charge is -2.25. The summed E-state index contributed by atoms with van der Waals surface area (Å²) in [5.74, 6) is -1.02. The molecule has 1 N–H and O–H groups in total. The first-order chi connectivity index (χ1) is 12.9. The summed E-state index contributed by atoms with van der Waals surface area (Å²) in [4.78, 5) is 14.0. The molecule has 1 aromatic heterocycles. The zero-order chi connectivity index (χ0) is 19.6. The fourth-order valence-electron chi connectivity index (χ4n) is 3.45. The summed E-state index contributed by atoms with van der Waals surface area (Å²) < 4.78 is 29.0. The number of carbonyl (C=O) groups is 1. The van der Waals surface area contributed by atoms with Crippen molar-refractivity contribution >= 4 is 5.91 Å². The maximum absolute atomic E-state index is 13.8. The summed E-state index contributed by atoms with van der Waals surface area (Å²) >= 11 is 0. The lowest BCUT2D eigenvalue weighted by molar-refractivity contribution is 0.0820. The first-order valence-corrected chi connectivity index (χ1v) is 8.99. The predicted molar refractivity (Wildman–Crippen MR) is 99.5 cm³/mol. The molecule has 144 valence electrons. The Hall–Kier alpha value is -2.54. The highest BCUT2D eigenvalue weighted by atomic mass is 19.1. The number of allylic oxidation sites excluding steroid dienone is 1. The third-order valence-corrected chi connectivity index (χ3v) is 4.85. The molecule has 27 heavy (non-hydrogen) atoms. The predicted octanol–water partition coefficient (Wildman–Crippen LogP) is 2.70. The Bertz CT molecular complexity index is 860. The lowest BCUT2D eigenvalue weighted by Crippen LogP contribution is -2.35. The Labute approximate surface area is 157 Å². The average molecular weight is 374 g/mol. The van der Waals surface area contributed by atoms with Gasteiger partial charge in [-0.1, -0.05) is 6.08 Å². The smallest absolute Gasteiger partial charge is 0.274 e. The van der Waals surface area contributed by atoms with Crippen LogP contribution in [0.3, 0.4) is 0 Å². The van der Waals surface area contributed by atoms with Gasteiger partial charge in [0.1, 0.15) is 11.6 Å². The Kier molecular flexibility index (Phi) is 5.70. The van der Waals surface area contributed by atoms with Crippen molar-refractivity contribution in [1.82, 2.24) is 20.0 Å². The molecule has 5 nitrogen and oxygen atoms in total. The van der Waals surface area contributed by atoms with Crippen molar-refractivity contribution < 1.29 is 13.6 Å². The molecule has 2 aromatic rings. The van der Waals surface area contributed by atoms with Gasteiger partial charge in [-0.05, 0) is 37.5 Å². The molecular weight excluding hydrogens is 350 g/mol. The first-order valence-electron chi connectivity index (χ1n) is 8.99. The number of nitrogens with one attached hydrogen (secondary N) is 1. The topological polar surface area (TPSA) is 50.2 Å². The number of aromatic nitrogens is 2. The molecular formula is C20H24F2N4O. The van der Waals surface area contributed by atoms with Crippen LogP contribution < -0.4 is 5.32 Å². The Morgan fingerprint density at radius 2 is 2.22 bits per heavy atom. The maximum atomic E-state index is 13.8. The molecule has 7 heteroatoms. The first kappa shape index (κ1) is 19.2. The van der Waals surface area contributed by atoms with Crippen molar-refractivity contribution in [2.75, 3.05) is 14.1 Å². The van der Waals surface area contributed by atoms with Gasteiger partial charge in [-0.15, -0.1) is 6.58 Å². The van der Waals surface area contributed by atoms with E-state index >= 15 is 0 Å². The molecule has 1 amide bonds. The monoisotopic (exact) mass is 374 g/mol. The van der Waals surface area contributed by atoms with Crippen LogP contribution in [0.15, 0.2) is 30.9 Å². The van der Waals surface area contributed by atoms with Crippen molar-refractivity contribution in [2.45, 2.75) is 38.4 Å². The molecule has 1 aromatic carbocycles. The molecule has 0 aliphatic heterocycles. The third-order valence-electron chi connectivity index (χ3n) is 4.85. The van der Waals surface area contributed by atoms with E-state index in [1.807, 2.05) is 4.68 Å². The maximum Gasteiger partial charge on any atom is 0.274 e. The van der Waals surface area contributed by atoms with Crippen LogP contribution in [0.2, 0.25) is 0 Å². The van der Waals surface area contributed by atoms with Gasteiger partial charge in [-0.3, -0.25) is 9.48 Å². The Morgan fingerprint density at radius 1 is 1.44 bits per heavy atom. The molecule has 1 aliphatic carbocycles. The molecule has 0 unspecified atom stereocenters. The molecule has 0 saturated carbocycles. The molecule has 0 fully saturated rings. The van der Waals surface area contributed by atoms with Gasteiger partial charge in [-0.2, -0.15) is 5.10 Å². The van der Waals surface area contributed by atoms with E-state index in [2.05, 4.69) is 17.0 Å². The minimum Gasteiger partial charge on any atom is -0.343 e. The van der Waals surface area contributed by atoms with Crippen LogP contribution in [0.4, 0.5) is 8.78 Å². The van der Waals surface area contributed by atoms with Crippen LogP contribution in [0, 0.1) is 11.6 Å². The third kappa shape index (κ3) is 4.08. The quantitative estimate of drug-likeness (QED) is 0.791. The van der Waals surface area contributed by atoms with Crippen molar-refractivity contribution in [3.05, 3.63) is 65.0 Å². The van der Waals surface area contributed by atoms with E-state index in [0.717, 1.165) is 36.2 Å². The number of fused-ring (bicyclic) bond motifs is 1. The van der Waals surface area contributed by atoms with Gasteiger partial charge in [0.2, 0.25) is 0 Å². The van der Waals surface area contributed by atoms with E-state index in [1.54, 1.807) is 20.2 Å². The highest BCUT2D eigenvalue weighted by Crippen LogP contribution is 2.26. The molecule has 1 atom stereocenters. The van der Waals surface area contributed by atoms with Gasteiger partial charge < -0.3 is 10.2 Å². The molecule has 3 rings (SSSR count). The van der Waals surface area contributed by atoms with Gasteiger partial charge in [0.15, 0.2) is 5.69 Å². The van der Waals surface area contributed by atoms with E-state index in [1.165, 1.54) is 11.0 Å². The standard InChI is InChI=1S/C20H24F2N4O/c1-4-9-26-18-8-6-15(11-16(18)19(24-26)20(27)25(2)3)23-12-13-10-14(21)5-7-17(13)22/h4-5,7,10,15,23H,1,6,8-9,11-12H2,2-3H3/t15-/m1/s1. The number of nitrogens with zero attached hydrogens (tertiary/aromatic N) is 3. The number of halogens is 2. The van der Waals surface area contributed by atoms with E-state index in [0.29, 0.717) is 24.2 Å². The number of hydrogen-bond donors (Lipinski definition) is 1. The van der Waals surface area contributed by atoms with Crippen molar-refractivity contribution in [3.8, 4) is 0 Å². The molecule has 1 heterocycles. The van der Waals surface area contributed by atoms with Crippen LogP contribution in [-0.2, 0) is 25.9 Å². The van der Waals surface area contributed by atoms with Gasteiger partial charge in [-0.25, -0.2) is 8.78 Å². The van der Waals surface area contributed by atoms with Crippen molar-refractivity contribution in [1.29, 1.82) is 0 Å². The molecule has 0 saturated heterocycles. The van der Waals surface area contributed by atoms with E-state index in [4.69, 9.17) is 0 Å². The molecule has 0 spiro atoms. The second-order valence-electron chi connectivity index (χ2n) is 7.00. The molecule has 1 aliphatic rings. The zero-order valence-electron chi connectivity index (χ0n) is 15.6. The fourth-order valence-corrected chi connectivity index (χ4v) is 3.45. The van der Waals surface area contributed by atoms with E-state index in [9.17, 15) is 13.6 Å². The van der Waals surface area contributed by atoms with Crippen LogP contribution in [0.5, 0.6) is 0 Å². The summed E-state index contributed by atoms with van der Waals surface area (Å²) in [6.07, 6.45) is 3.98. The second kappa shape index (κ2) is 8.00. The van der Waals surface area contributed by atoms with E-state index in [-0.39, 0.29) is 18.5 Å². The number of rotatable bonds is 6. The SMILES string of the molecule is C=CCn1nc(C(=O)N(C)C)c2c1CC[C@@H](NCc1cc(F)ccc1F)C2. The van der Waals surface area contributed by atoms with Gasteiger partial charge in [0.25, 0.3) is 5.91 Å². The Balaban J connectivity index is 1.79. The summed E-state index contributed by atoms with van der Waals surface area (Å²) in [6.45, 7) is 4.54. The van der Waals surface area contributed by atoms with Crippen LogP contribution >= 0.6 is 0 Å². The fraction of sp³-hybridized carbons (Fsp3) is 0.400. The second-order valence-corrected chi connectivity index (χ2v) is 7.00. The summed E-state index contributed by atoms with van der Waals surface area (Å²) in [7, 11) is 3.40. The average Bonchev–Trinajstić information content (AvgIpc) is 3.00. The number of benzene rings is 1. The van der Waals surface area contributed by atoms with Crippen LogP contribution in [-0.4, -0.2) is 40.7 Å². The highest BCUT2D eigenvalue weighted by Gasteiger charge is 2.29. The number of hydrogen-bond acceptors (Lipinski definition) is 3. The van der Waals surface area contributed by atoms with Gasteiger partial charge in [0.05, 0.1) is 6.54 Å². The minimum atomic E-state index is -0.455. The molecule has 0 bridgehead atoms. The summed E-state index contributed by atoms with van der Waals surface area (Å²) in [5, 5.41) is 7.79. The normalized spacial score (nSPS) is 16.1. The highest BCUT2D eigenvalue weighted by molar-refractivity contribution is 5.93. The zero-order valence-corrected chi connectivity index (χ0v) is 15.6. The van der Waals surface area contributed by atoms with Crippen molar-refractivity contribution in [3.63, 3.8) is 0 Å². The summed E-state index contributed by atoms with van der Waals surface area (Å²) in [6, 6.07) is 3.52. The van der Waals surface area contributed by atoms with Gasteiger partial charge in [0, 0.05) is 43.5 Å². The Morgan fingerprint density at radius 3 is 2.93 bits per heavy atom. The number of carbonyl (C=O) groups excluding carboxylic acids is 1. The summed E-state index contributed by atoms with van der Waals surface area (Å²) in [5.41, 5.74) is 2.74. The largest absolute Gasteiger partial charge is 0.343 e. The number of amides is 1. The van der Waals surface area contributed by atoms with Crippen molar-refractivity contribution in [2.24, 2.45) is 0 Å².